The number of aromatic nitrogens is 5. The summed E-state index contributed by atoms with van der Waals surface area (Å²) >= 11 is 5.64. The van der Waals surface area contributed by atoms with Gasteiger partial charge in [-0.3, -0.25) is 4.72 Å². The van der Waals surface area contributed by atoms with Gasteiger partial charge in [-0.2, -0.15) is 0 Å². The number of hydrogen-bond acceptors (Lipinski definition) is 6. The number of hydrogen-bond donors (Lipinski definition) is 1. The maximum absolute atomic E-state index is 12.2. The Bertz CT molecular complexity index is 863. The Morgan fingerprint density at radius 3 is 2.45 bits per heavy atom. The molecule has 2 aromatic heterocycles. The molecule has 0 saturated carbocycles. The summed E-state index contributed by atoms with van der Waals surface area (Å²) in [5.41, 5.74) is 1.12. The van der Waals surface area contributed by atoms with Crippen molar-refractivity contribution in [2.75, 3.05) is 4.72 Å². The maximum Gasteiger partial charge on any atom is 0.263 e. The lowest BCUT2D eigenvalue weighted by atomic mass is 10.3. The van der Waals surface area contributed by atoms with E-state index in [0.29, 0.717) is 11.4 Å². The number of tetrazole rings is 1. The molecule has 0 atom stereocenters. The Labute approximate surface area is 130 Å². The predicted molar refractivity (Wildman–Crippen MR) is 79.2 cm³/mol. The topological polar surface area (TPSA) is 103 Å². The third-order valence-corrected chi connectivity index (χ3v) is 4.33. The molecule has 22 heavy (non-hydrogen) atoms. The summed E-state index contributed by atoms with van der Waals surface area (Å²) in [6, 6.07) is 9.39. The van der Waals surface area contributed by atoms with Crippen molar-refractivity contribution >= 4 is 27.3 Å². The van der Waals surface area contributed by atoms with Crippen LogP contribution in [0.3, 0.4) is 0 Å². The van der Waals surface area contributed by atoms with E-state index in [1.165, 1.54) is 29.3 Å². The van der Waals surface area contributed by atoms with Crippen molar-refractivity contribution in [3.05, 3.63) is 54.1 Å². The molecule has 10 heteroatoms. The number of benzene rings is 1. The van der Waals surface area contributed by atoms with Gasteiger partial charge in [0, 0.05) is 11.9 Å². The quantitative estimate of drug-likeness (QED) is 0.724. The smallest absolute Gasteiger partial charge is 0.263 e. The van der Waals surface area contributed by atoms with Gasteiger partial charge in [-0.05, 0) is 46.8 Å². The molecule has 2 heterocycles. The van der Waals surface area contributed by atoms with E-state index >= 15 is 0 Å². The molecule has 0 aliphatic rings. The van der Waals surface area contributed by atoms with Crippen molar-refractivity contribution in [2.45, 2.75) is 4.90 Å². The lowest BCUT2D eigenvalue weighted by Gasteiger charge is -2.08. The lowest BCUT2D eigenvalue weighted by molar-refractivity contribution is 0.601. The molecule has 0 saturated heterocycles. The summed E-state index contributed by atoms with van der Waals surface area (Å²) in [6.45, 7) is 0. The first-order chi connectivity index (χ1) is 10.5. The molecule has 0 fully saturated rings. The van der Waals surface area contributed by atoms with Crippen molar-refractivity contribution in [2.24, 2.45) is 0 Å². The molecule has 3 rings (SSSR count). The molecule has 0 aliphatic heterocycles. The second-order valence-electron chi connectivity index (χ2n) is 4.22. The number of rotatable bonds is 4. The Hall–Kier alpha value is -2.52. The first-order valence-corrected chi connectivity index (χ1v) is 7.88. The van der Waals surface area contributed by atoms with Gasteiger partial charge in [0.1, 0.15) is 16.4 Å². The Balaban J connectivity index is 1.82. The third kappa shape index (κ3) is 3.05. The summed E-state index contributed by atoms with van der Waals surface area (Å²) in [5, 5.41) is 11.0. The zero-order chi connectivity index (χ0) is 15.6. The van der Waals surface area contributed by atoms with E-state index in [-0.39, 0.29) is 10.0 Å². The van der Waals surface area contributed by atoms with E-state index in [1.807, 2.05) is 0 Å². The summed E-state index contributed by atoms with van der Waals surface area (Å²) in [4.78, 5) is 3.78. The second kappa shape index (κ2) is 5.70. The van der Waals surface area contributed by atoms with E-state index in [1.54, 1.807) is 24.3 Å². The van der Waals surface area contributed by atoms with Gasteiger partial charge in [0.15, 0.2) is 0 Å². The summed E-state index contributed by atoms with van der Waals surface area (Å²) in [6.07, 6.45) is 2.64. The summed E-state index contributed by atoms with van der Waals surface area (Å²) in [5.74, 6) is 0. The molecule has 0 bridgehead atoms. The fourth-order valence-corrected chi connectivity index (χ4v) is 2.81. The zero-order valence-corrected chi connectivity index (χ0v) is 12.5. The highest BCUT2D eigenvalue weighted by atomic mass is 35.5. The zero-order valence-electron chi connectivity index (χ0n) is 11.0. The number of halogens is 1. The number of anilines is 1. The van der Waals surface area contributed by atoms with Gasteiger partial charge in [0.05, 0.1) is 5.69 Å². The first kappa shape index (κ1) is 14.4. The van der Waals surface area contributed by atoms with E-state index < -0.39 is 10.0 Å². The minimum Gasteiger partial charge on any atom is -0.280 e. The molecule has 8 nitrogen and oxygen atoms in total. The fourth-order valence-electron chi connectivity index (χ4n) is 1.70. The van der Waals surface area contributed by atoms with Crippen LogP contribution in [0.4, 0.5) is 5.69 Å². The maximum atomic E-state index is 12.2. The van der Waals surface area contributed by atoms with Gasteiger partial charge < -0.3 is 0 Å². The van der Waals surface area contributed by atoms with Crippen molar-refractivity contribution in [3.63, 3.8) is 0 Å². The Morgan fingerprint density at radius 2 is 1.86 bits per heavy atom. The second-order valence-corrected chi connectivity index (χ2v) is 6.29. The van der Waals surface area contributed by atoms with Gasteiger partial charge >= 0.3 is 0 Å². The lowest BCUT2D eigenvalue weighted by Crippen LogP contribution is -2.13. The van der Waals surface area contributed by atoms with Crippen LogP contribution in [0.5, 0.6) is 0 Å². The van der Waals surface area contributed by atoms with Crippen LogP contribution in [-0.4, -0.2) is 33.6 Å². The number of pyridine rings is 1. The monoisotopic (exact) mass is 336 g/mol. The van der Waals surface area contributed by atoms with Crippen molar-refractivity contribution in [1.82, 2.24) is 25.2 Å². The van der Waals surface area contributed by atoms with Gasteiger partial charge in [-0.15, -0.1) is 5.10 Å². The van der Waals surface area contributed by atoms with E-state index in [0.717, 1.165) is 0 Å². The normalized spacial score (nSPS) is 11.3. The fraction of sp³-hybridized carbons (Fsp3) is 0. The largest absolute Gasteiger partial charge is 0.280 e. The van der Waals surface area contributed by atoms with Crippen LogP contribution in [-0.2, 0) is 10.0 Å². The summed E-state index contributed by atoms with van der Waals surface area (Å²) in [7, 11) is -3.72. The van der Waals surface area contributed by atoms with Crippen LogP contribution in [0.2, 0.25) is 5.15 Å². The van der Waals surface area contributed by atoms with E-state index in [4.69, 9.17) is 11.6 Å². The molecule has 0 spiro atoms. The average molecular weight is 337 g/mol. The van der Waals surface area contributed by atoms with Gasteiger partial charge in [-0.1, -0.05) is 11.6 Å². The predicted octanol–water partition coefficient (Wildman–Crippen LogP) is 1.51. The highest BCUT2D eigenvalue weighted by Crippen LogP contribution is 2.18. The van der Waals surface area contributed by atoms with Crippen molar-refractivity contribution < 1.29 is 8.42 Å². The first-order valence-electron chi connectivity index (χ1n) is 6.02. The van der Waals surface area contributed by atoms with Gasteiger partial charge in [-0.25, -0.2) is 18.1 Å². The van der Waals surface area contributed by atoms with Gasteiger partial charge in [0.25, 0.3) is 10.0 Å². The van der Waals surface area contributed by atoms with Crippen LogP contribution in [0, 0.1) is 0 Å². The molecular formula is C12H9ClN6O2S. The highest BCUT2D eigenvalue weighted by molar-refractivity contribution is 7.92. The van der Waals surface area contributed by atoms with E-state index in [9.17, 15) is 8.42 Å². The number of nitrogens with one attached hydrogen (secondary N) is 1. The van der Waals surface area contributed by atoms with Crippen LogP contribution >= 0.6 is 11.6 Å². The molecule has 112 valence electrons. The minimum absolute atomic E-state index is 0.0291. The Kier molecular flexibility index (Phi) is 3.73. The molecule has 1 N–H and O–H groups in total. The molecular weight excluding hydrogens is 328 g/mol. The molecule has 0 amide bonds. The third-order valence-electron chi connectivity index (χ3n) is 2.74. The van der Waals surface area contributed by atoms with Crippen LogP contribution in [0.25, 0.3) is 5.69 Å². The number of nitrogens with zero attached hydrogens (tertiary/aromatic N) is 5. The van der Waals surface area contributed by atoms with Crippen molar-refractivity contribution in [3.8, 4) is 5.69 Å². The molecule has 3 aromatic rings. The molecule has 0 radical (unpaired) electrons. The SMILES string of the molecule is O=S(=O)(Nc1ccc(-n2cnnn2)cc1)c1ccc(Cl)nc1. The van der Waals surface area contributed by atoms with E-state index in [2.05, 4.69) is 25.2 Å². The van der Waals surface area contributed by atoms with Gasteiger partial charge in [0.2, 0.25) is 0 Å². The highest BCUT2D eigenvalue weighted by Gasteiger charge is 2.14. The van der Waals surface area contributed by atoms with Crippen molar-refractivity contribution in [1.29, 1.82) is 0 Å². The number of sulfonamides is 1. The average Bonchev–Trinajstić information content (AvgIpc) is 3.02. The molecule has 1 aromatic carbocycles. The molecule has 0 aliphatic carbocycles. The van der Waals surface area contributed by atoms with Crippen LogP contribution in [0.15, 0.2) is 53.8 Å². The van der Waals surface area contributed by atoms with Crippen LogP contribution < -0.4 is 4.72 Å². The minimum atomic E-state index is -3.72. The van der Waals surface area contributed by atoms with Crippen LogP contribution in [0.1, 0.15) is 0 Å². The standard InChI is InChI=1S/C12H9ClN6O2S/c13-12-6-5-11(7-14-12)22(20,21)16-9-1-3-10(4-2-9)19-8-15-17-18-19/h1-8,16H. The molecule has 0 unspecified atom stereocenters. The Morgan fingerprint density at radius 1 is 1.09 bits per heavy atom. The summed E-state index contributed by atoms with van der Waals surface area (Å²) < 4.78 is 28.3.